The minimum Gasteiger partial charge on any atom is -0.494 e. The van der Waals surface area contributed by atoms with E-state index in [4.69, 9.17) is 28.4 Å². The molecule has 1 saturated carbocycles. The van der Waals surface area contributed by atoms with E-state index >= 15 is 0 Å². The largest absolute Gasteiger partial charge is 0.494 e. The summed E-state index contributed by atoms with van der Waals surface area (Å²) in [6.45, 7) is 8.26. The molecule has 10 heteroatoms. The van der Waals surface area contributed by atoms with E-state index in [2.05, 4.69) is 13.2 Å². The second-order valence-corrected chi connectivity index (χ2v) is 10.2. The maximum absolute atomic E-state index is 12.7. The first kappa shape index (κ1) is 33.9. The molecule has 0 saturated heterocycles. The first-order chi connectivity index (χ1) is 21.4. The van der Waals surface area contributed by atoms with Crippen LogP contribution in [-0.4, -0.2) is 50.3 Å². The quantitative estimate of drug-likeness (QED) is 0.0890. The third-order valence-electron chi connectivity index (χ3n) is 6.91. The lowest BCUT2D eigenvalue weighted by Crippen LogP contribution is -2.30. The molecule has 0 heterocycles. The van der Waals surface area contributed by atoms with Crippen molar-refractivity contribution in [1.29, 1.82) is 0 Å². The van der Waals surface area contributed by atoms with Crippen LogP contribution in [0.4, 0.5) is 0 Å². The number of unbranched alkanes of at least 4 members (excludes halogenated alkanes) is 2. The van der Waals surface area contributed by atoms with Crippen molar-refractivity contribution in [1.82, 2.24) is 0 Å². The lowest BCUT2D eigenvalue weighted by molar-refractivity contribution is -0.145. The van der Waals surface area contributed by atoms with Gasteiger partial charge in [-0.3, -0.25) is 9.59 Å². The second-order valence-electron chi connectivity index (χ2n) is 10.2. The number of hydrogen-bond acceptors (Lipinski definition) is 10. The molecule has 0 aromatic heterocycles. The van der Waals surface area contributed by atoms with Crippen LogP contribution >= 0.6 is 0 Å². The number of benzene rings is 2. The summed E-state index contributed by atoms with van der Waals surface area (Å²) in [4.78, 5) is 47.4. The van der Waals surface area contributed by atoms with E-state index in [-0.39, 0.29) is 23.8 Å². The Balaban J connectivity index is 1.30. The molecule has 0 radical (unpaired) electrons. The third-order valence-corrected chi connectivity index (χ3v) is 6.91. The van der Waals surface area contributed by atoms with Crippen molar-refractivity contribution < 1.29 is 47.6 Å². The van der Waals surface area contributed by atoms with Crippen molar-refractivity contribution >= 4 is 23.9 Å². The van der Waals surface area contributed by atoms with E-state index in [1.54, 1.807) is 48.5 Å². The summed E-state index contributed by atoms with van der Waals surface area (Å²) in [7, 11) is 0. The van der Waals surface area contributed by atoms with Crippen LogP contribution < -0.4 is 18.9 Å². The van der Waals surface area contributed by atoms with Crippen molar-refractivity contribution in [2.75, 3.05) is 26.4 Å². The normalized spacial score (nSPS) is 15.7. The molecule has 1 fully saturated rings. The first-order valence-electron chi connectivity index (χ1n) is 14.9. The van der Waals surface area contributed by atoms with Gasteiger partial charge >= 0.3 is 23.9 Å². The van der Waals surface area contributed by atoms with Crippen molar-refractivity contribution in [3.05, 3.63) is 73.8 Å². The monoisotopic (exact) mass is 608 g/mol. The Morgan fingerprint density at radius 2 is 0.864 bits per heavy atom. The van der Waals surface area contributed by atoms with E-state index in [9.17, 15) is 19.2 Å². The van der Waals surface area contributed by atoms with Gasteiger partial charge < -0.3 is 28.4 Å². The lowest BCUT2D eigenvalue weighted by atomic mass is 9.82. The standard InChI is InChI=1S/C34H40O10/c1-3-31(35)41-23-7-5-21-39-27-13-17-29(18-14-27)43-33(37)25-9-11-26(12-10-25)34(38)44-30-19-15-28(16-20-30)40-22-6-8-24-42-32(36)4-2/h3-4,13-20,25-26H,1-2,5-12,21-24H2. The fourth-order valence-corrected chi connectivity index (χ4v) is 4.42. The SMILES string of the molecule is C=CC(=O)OCCCCOc1ccc(OC(=O)C2CCC(C(=O)Oc3ccc(OCCCCOC(=O)C=C)cc3)CC2)cc1. The summed E-state index contributed by atoms with van der Waals surface area (Å²) in [5, 5.41) is 0. The zero-order chi connectivity index (χ0) is 31.6. The summed E-state index contributed by atoms with van der Waals surface area (Å²) in [5.74, 6) is 0.0978. The molecule has 2 aromatic carbocycles. The summed E-state index contributed by atoms with van der Waals surface area (Å²) in [6.07, 6.45) is 7.24. The average molecular weight is 609 g/mol. The molecule has 0 N–H and O–H groups in total. The van der Waals surface area contributed by atoms with Crippen LogP contribution in [0.5, 0.6) is 23.0 Å². The molecular formula is C34H40O10. The van der Waals surface area contributed by atoms with Crippen LogP contribution in [-0.2, 0) is 28.7 Å². The van der Waals surface area contributed by atoms with Gasteiger partial charge in [0.15, 0.2) is 0 Å². The molecule has 44 heavy (non-hydrogen) atoms. The summed E-state index contributed by atoms with van der Waals surface area (Å²) >= 11 is 0. The number of carbonyl (C=O) groups excluding carboxylic acids is 4. The highest BCUT2D eigenvalue weighted by atomic mass is 16.5. The van der Waals surface area contributed by atoms with Crippen LogP contribution in [0.3, 0.4) is 0 Å². The van der Waals surface area contributed by atoms with E-state index < -0.39 is 11.9 Å². The van der Waals surface area contributed by atoms with Gasteiger partial charge in [0.05, 0.1) is 38.3 Å². The predicted octanol–water partition coefficient (Wildman–Crippen LogP) is 5.78. The molecule has 0 spiro atoms. The second kappa shape index (κ2) is 18.8. The van der Waals surface area contributed by atoms with Gasteiger partial charge in [0.25, 0.3) is 0 Å². The Hall–Kier alpha value is -4.60. The topological polar surface area (TPSA) is 124 Å². The Labute approximate surface area is 257 Å². The molecule has 0 unspecified atom stereocenters. The van der Waals surface area contributed by atoms with E-state index in [1.165, 1.54) is 0 Å². The van der Waals surface area contributed by atoms with Gasteiger partial charge in [0.1, 0.15) is 23.0 Å². The number of ether oxygens (including phenoxy) is 6. The Kier molecular flexibility index (Phi) is 14.5. The molecule has 0 bridgehead atoms. The van der Waals surface area contributed by atoms with E-state index in [0.29, 0.717) is 88.0 Å². The molecule has 3 rings (SSSR count). The molecule has 0 aliphatic heterocycles. The van der Waals surface area contributed by atoms with E-state index in [0.717, 1.165) is 25.0 Å². The van der Waals surface area contributed by atoms with Crippen molar-refractivity contribution in [2.24, 2.45) is 11.8 Å². The molecular weight excluding hydrogens is 568 g/mol. The highest BCUT2D eigenvalue weighted by Gasteiger charge is 2.32. The average Bonchev–Trinajstić information content (AvgIpc) is 3.05. The zero-order valence-corrected chi connectivity index (χ0v) is 24.9. The summed E-state index contributed by atoms with van der Waals surface area (Å²) < 4.78 is 32.3. The minimum atomic E-state index is -0.437. The minimum absolute atomic E-state index is 0.282. The maximum atomic E-state index is 12.7. The number of esters is 4. The van der Waals surface area contributed by atoms with Gasteiger partial charge in [-0.1, -0.05) is 13.2 Å². The molecule has 0 amide bonds. The van der Waals surface area contributed by atoms with Crippen LogP contribution in [0, 0.1) is 11.8 Å². The Morgan fingerprint density at radius 3 is 1.20 bits per heavy atom. The number of hydrogen-bond donors (Lipinski definition) is 0. The van der Waals surface area contributed by atoms with Gasteiger partial charge in [0.2, 0.25) is 0 Å². The number of carbonyl (C=O) groups is 4. The van der Waals surface area contributed by atoms with Crippen molar-refractivity contribution in [2.45, 2.75) is 51.4 Å². The Bertz CT molecular complexity index is 1130. The maximum Gasteiger partial charge on any atom is 0.330 e. The third kappa shape index (κ3) is 12.3. The molecule has 2 aromatic rings. The van der Waals surface area contributed by atoms with Crippen LogP contribution in [0.15, 0.2) is 73.8 Å². The van der Waals surface area contributed by atoms with Crippen molar-refractivity contribution in [3.8, 4) is 23.0 Å². The summed E-state index contributed by atoms with van der Waals surface area (Å²) in [5.41, 5.74) is 0. The fourth-order valence-electron chi connectivity index (χ4n) is 4.42. The van der Waals surface area contributed by atoms with Gasteiger partial charge in [-0.2, -0.15) is 0 Å². The highest BCUT2D eigenvalue weighted by molar-refractivity contribution is 5.81. The van der Waals surface area contributed by atoms with Gasteiger partial charge in [-0.25, -0.2) is 9.59 Å². The fraction of sp³-hybridized carbons (Fsp3) is 0.412. The van der Waals surface area contributed by atoms with Crippen LogP contribution in [0.1, 0.15) is 51.4 Å². The summed E-state index contributed by atoms with van der Waals surface area (Å²) in [6, 6.07) is 13.7. The first-order valence-corrected chi connectivity index (χ1v) is 14.9. The molecule has 0 atom stereocenters. The van der Waals surface area contributed by atoms with Crippen molar-refractivity contribution in [3.63, 3.8) is 0 Å². The highest BCUT2D eigenvalue weighted by Crippen LogP contribution is 2.32. The Morgan fingerprint density at radius 1 is 0.545 bits per heavy atom. The number of rotatable bonds is 18. The molecule has 1 aliphatic rings. The zero-order valence-electron chi connectivity index (χ0n) is 24.9. The molecule has 1 aliphatic carbocycles. The lowest BCUT2D eigenvalue weighted by Gasteiger charge is -2.25. The van der Waals surface area contributed by atoms with Gasteiger partial charge in [-0.15, -0.1) is 0 Å². The molecule has 236 valence electrons. The van der Waals surface area contributed by atoms with E-state index in [1.807, 2.05) is 0 Å². The van der Waals surface area contributed by atoms with Gasteiger partial charge in [0, 0.05) is 12.2 Å². The van der Waals surface area contributed by atoms with Crippen LogP contribution in [0.25, 0.3) is 0 Å². The van der Waals surface area contributed by atoms with Crippen LogP contribution in [0.2, 0.25) is 0 Å². The van der Waals surface area contributed by atoms with Gasteiger partial charge in [-0.05, 0) is 99.9 Å². The predicted molar refractivity (Wildman–Crippen MR) is 161 cm³/mol. The smallest absolute Gasteiger partial charge is 0.330 e. The molecule has 10 nitrogen and oxygen atoms in total.